The lowest BCUT2D eigenvalue weighted by Crippen LogP contribution is -2.51. The highest BCUT2D eigenvalue weighted by Crippen LogP contribution is 2.41. The van der Waals surface area contributed by atoms with Crippen molar-refractivity contribution in [1.82, 2.24) is 14.7 Å². The summed E-state index contributed by atoms with van der Waals surface area (Å²) in [6, 6.07) is 0.293. The van der Waals surface area contributed by atoms with Crippen LogP contribution in [0.15, 0.2) is 0 Å². The smallest absolute Gasteiger partial charge is 0.320 e. The molecule has 1 saturated carbocycles. The fourth-order valence-electron chi connectivity index (χ4n) is 3.11. The van der Waals surface area contributed by atoms with Crippen LogP contribution in [0.25, 0.3) is 0 Å². The minimum Gasteiger partial charge on any atom is -0.324 e. The summed E-state index contributed by atoms with van der Waals surface area (Å²) in [4.78, 5) is 18.7. The van der Waals surface area contributed by atoms with Crippen molar-refractivity contribution < 1.29 is 4.79 Å². The molecule has 4 nitrogen and oxygen atoms in total. The third-order valence-electron chi connectivity index (χ3n) is 4.56. The van der Waals surface area contributed by atoms with Crippen LogP contribution in [0.3, 0.4) is 0 Å². The molecule has 1 unspecified atom stereocenters. The zero-order valence-corrected chi connectivity index (χ0v) is 10.8. The van der Waals surface area contributed by atoms with Crippen LogP contribution in [0.5, 0.6) is 0 Å². The van der Waals surface area contributed by atoms with E-state index in [0.717, 1.165) is 51.1 Å². The minimum atomic E-state index is 0.293. The second kappa shape index (κ2) is 4.48. The quantitative estimate of drug-likeness (QED) is 0.682. The second-order valence-corrected chi connectivity index (χ2v) is 5.91. The van der Waals surface area contributed by atoms with E-state index in [1.807, 2.05) is 4.90 Å². The number of urea groups is 1. The first-order chi connectivity index (χ1) is 8.24. The van der Waals surface area contributed by atoms with Crippen LogP contribution in [-0.4, -0.2) is 67.0 Å². The van der Waals surface area contributed by atoms with Gasteiger partial charge in [-0.05, 0) is 38.1 Å². The van der Waals surface area contributed by atoms with E-state index in [2.05, 4.69) is 16.8 Å². The Kier molecular flexibility index (Phi) is 2.99. The van der Waals surface area contributed by atoms with Gasteiger partial charge in [0.25, 0.3) is 0 Å². The van der Waals surface area contributed by atoms with Crippen LogP contribution in [0.1, 0.15) is 19.3 Å². The maximum Gasteiger partial charge on any atom is 0.320 e. The Morgan fingerprint density at radius 2 is 1.59 bits per heavy atom. The SMILES string of the molecule is CN1CCN(C(=O)N2CCC(C3CC3)C2)CC1. The lowest BCUT2D eigenvalue weighted by molar-refractivity contribution is 0.127. The van der Waals surface area contributed by atoms with Gasteiger partial charge in [0.1, 0.15) is 0 Å². The number of hydrogen-bond donors (Lipinski definition) is 0. The predicted octanol–water partition coefficient (Wildman–Crippen LogP) is 1.09. The summed E-state index contributed by atoms with van der Waals surface area (Å²) in [5.41, 5.74) is 0. The third kappa shape index (κ3) is 2.41. The van der Waals surface area contributed by atoms with Crippen molar-refractivity contribution in [2.45, 2.75) is 19.3 Å². The van der Waals surface area contributed by atoms with Gasteiger partial charge in [0.15, 0.2) is 0 Å². The molecule has 2 aliphatic heterocycles. The Bertz CT molecular complexity index is 295. The third-order valence-corrected chi connectivity index (χ3v) is 4.56. The van der Waals surface area contributed by atoms with Gasteiger partial charge >= 0.3 is 6.03 Å². The maximum atomic E-state index is 12.3. The van der Waals surface area contributed by atoms with E-state index in [9.17, 15) is 4.79 Å². The summed E-state index contributed by atoms with van der Waals surface area (Å²) in [6.45, 7) is 5.86. The van der Waals surface area contributed by atoms with E-state index in [1.54, 1.807) is 0 Å². The zero-order chi connectivity index (χ0) is 11.8. The van der Waals surface area contributed by atoms with Gasteiger partial charge < -0.3 is 14.7 Å². The Morgan fingerprint density at radius 1 is 0.882 bits per heavy atom. The monoisotopic (exact) mass is 237 g/mol. The van der Waals surface area contributed by atoms with Crippen molar-refractivity contribution in [3.8, 4) is 0 Å². The molecule has 3 fully saturated rings. The summed E-state index contributed by atoms with van der Waals surface area (Å²) >= 11 is 0. The molecule has 0 aromatic carbocycles. The molecule has 4 heteroatoms. The number of amides is 2. The fraction of sp³-hybridized carbons (Fsp3) is 0.923. The average Bonchev–Trinajstić information content (AvgIpc) is 3.07. The van der Waals surface area contributed by atoms with E-state index in [1.165, 1.54) is 19.3 Å². The number of carbonyl (C=O) groups is 1. The van der Waals surface area contributed by atoms with Crippen molar-refractivity contribution in [2.24, 2.45) is 11.8 Å². The van der Waals surface area contributed by atoms with Crippen LogP contribution < -0.4 is 0 Å². The number of carbonyl (C=O) groups excluding carboxylic acids is 1. The largest absolute Gasteiger partial charge is 0.324 e. The minimum absolute atomic E-state index is 0.293. The Balaban J connectivity index is 1.52. The van der Waals surface area contributed by atoms with Crippen molar-refractivity contribution in [1.29, 1.82) is 0 Å². The predicted molar refractivity (Wildman–Crippen MR) is 66.9 cm³/mol. The summed E-state index contributed by atoms with van der Waals surface area (Å²) in [6.07, 6.45) is 4.05. The molecule has 0 radical (unpaired) electrons. The van der Waals surface area contributed by atoms with Gasteiger partial charge in [-0.1, -0.05) is 0 Å². The van der Waals surface area contributed by atoms with Gasteiger partial charge in [-0.3, -0.25) is 0 Å². The molecule has 3 rings (SSSR count). The zero-order valence-electron chi connectivity index (χ0n) is 10.8. The molecular weight excluding hydrogens is 214 g/mol. The van der Waals surface area contributed by atoms with Gasteiger partial charge in [0, 0.05) is 39.3 Å². The average molecular weight is 237 g/mol. The van der Waals surface area contributed by atoms with Gasteiger partial charge in [0.2, 0.25) is 0 Å². The van der Waals surface area contributed by atoms with Gasteiger partial charge in [-0.15, -0.1) is 0 Å². The number of rotatable bonds is 1. The van der Waals surface area contributed by atoms with E-state index < -0.39 is 0 Å². The number of hydrogen-bond acceptors (Lipinski definition) is 2. The van der Waals surface area contributed by atoms with Crippen LogP contribution in [0.2, 0.25) is 0 Å². The summed E-state index contributed by atoms with van der Waals surface area (Å²) in [5, 5.41) is 0. The Hall–Kier alpha value is -0.770. The van der Waals surface area contributed by atoms with Gasteiger partial charge in [-0.2, -0.15) is 0 Å². The Labute approximate surface area is 104 Å². The molecule has 2 heterocycles. The highest BCUT2D eigenvalue weighted by molar-refractivity contribution is 5.75. The topological polar surface area (TPSA) is 26.8 Å². The number of likely N-dealkylation sites (N-methyl/N-ethyl adjacent to an activating group) is 1. The Morgan fingerprint density at radius 3 is 2.24 bits per heavy atom. The molecular formula is C13H23N3O. The van der Waals surface area contributed by atoms with E-state index >= 15 is 0 Å². The number of nitrogens with zero attached hydrogens (tertiary/aromatic N) is 3. The molecule has 2 saturated heterocycles. The molecule has 17 heavy (non-hydrogen) atoms. The molecule has 0 aromatic rings. The summed E-state index contributed by atoms with van der Waals surface area (Å²) in [5.74, 6) is 1.76. The van der Waals surface area contributed by atoms with E-state index in [-0.39, 0.29) is 0 Å². The molecule has 1 atom stereocenters. The molecule has 0 spiro atoms. The fourth-order valence-corrected chi connectivity index (χ4v) is 3.11. The van der Waals surface area contributed by atoms with Crippen LogP contribution in [0.4, 0.5) is 4.79 Å². The lowest BCUT2D eigenvalue weighted by atomic mass is 10.0. The highest BCUT2D eigenvalue weighted by atomic mass is 16.2. The second-order valence-electron chi connectivity index (χ2n) is 5.91. The standard InChI is InChI=1S/C13H23N3O/c1-14-6-8-15(9-7-14)13(17)16-5-4-12(10-16)11-2-3-11/h11-12H,2-10H2,1H3. The van der Waals surface area contributed by atoms with Crippen LogP contribution in [0, 0.1) is 11.8 Å². The molecule has 3 aliphatic rings. The molecule has 0 N–H and O–H groups in total. The first-order valence-electron chi connectivity index (χ1n) is 6.96. The first-order valence-corrected chi connectivity index (χ1v) is 6.96. The van der Waals surface area contributed by atoms with E-state index in [0.29, 0.717) is 6.03 Å². The van der Waals surface area contributed by atoms with Crippen LogP contribution >= 0.6 is 0 Å². The number of likely N-dealkylation sites (tertiary alicyclic amines) is 1. The number of piperazine rings is 1. The maximum absolute atomic E-state index is 12.3. The molecule has 0 aromatic heterocycles. The summed E-state index contributed by atoms with van der Waals surface area (Å²) < 4.78 is 0. The molecule has 96 valence electrons. The van der Waals surface area contributed by atoms with Crippen LogP contribution in [-0.2, 0) is 0 Å². The molecule has 1 aliphatic carbocycles. The summed E-state index contributed by atoms with van der Waals surface area (Å²) in [7, 11) is 2.13. The van der Waals surface area contributed by atoms with Crippen molar-refractivity contribution in [3.05, 3.63) is 0 Å². The normalized spacial score (nSPS) is 31.0. The van der Waals surface area contributed by atoms with Gasteiger partial charge in [0.05, 0.1) is 0 Å². The highest BCUT2D eigenvalue weighted by Gasteiger charge is 2.38. The van der Waals surface area contributed by atoms with Crippen molar-refractivity contribution in [3.63, 3.8) is 0 Å². The molecule has 2 amide bonds. The lowest BCUT2D eigenvalue weighted by Gasteiger charge is -2.35. The van der Waals surface area contributed by atoms with Crippen molar-refractivity contribution >= 4 is 6.03 Å². The van der Waals surface area contributed by atoms with E-state index in [4.69, 9.17) is 0 Å². The first kappa shape index (κ1) is 11.3. The van der Waals surface area contributed by atoms with Gasteiger partial charge in [-0.25, -0.2) is 4.79 Å². The van der Waals surface area contributed by atoms with Crippen molar-refractivity contribution in [2.75, 3.05) is 46.3 Å². The molecule has 0 bridgehead atoms.